The van der Waals surface area contributed by atoms with Gasteiger partial charge in [0.05, 0.1) is 27.9 Å². The van der Waals surface area contributed by atoms with Crippen molar-refractivity contribution in [2.24, 2.45) is 0 Å². The molecule has 0 spiro atoms. The van der Waals surface area contributed by atoms with E-state index in [-0.39, 0.29) is 0 Å². The third kappa shape index (κ3) is 2.55. The van der Waals surface area contributed by atoms with Crippen molar-refractivity contribution < 1.29 is 9.31 Å². The van der Waals surface area contributed by atoms with Gasteiger partial charge in [0.2, 0.25) is 0 Å². The fraction of sp³-hybridized carbons (Fsp3) is 0.462. The molecule has 0 unspecified atom stereocenters. The Morgan fingerprint density at radius 1 is 1.21 bits per heavy atom. The summed E-state index contributed by atoms with van der Waals surface area (Å²) in [5, 5.41) is 9.72. The van der Waals surface area contributed by atoms with E-state index < -0.39 is 18.3 Å². The zero-order valence-corrected chi connectivity index (χ0v) is 13.6. The average molecular weight is 342 g/mol. The minimum absolute atomic E-state index is 0.434. The van der Waals surface area contributed by atoms with Crippen molar-refractivity contribution in [2.45, 2.75) is 38.9 Å². The molecule has 1 aliphatic heterocycles. The summed E-state index contributed by atoms with van der Waals surface area (Å²) in [7, 11) is -0.562. The standard InChI is InChI=1S/C13H14BBrClNO2/c1-12(2)13(3,4)19-14(18-12)9-6-10(15)11(16)5-8(9)7-17/h5-6H,1-4H3. The molecule has 0 aromatic heterocycles. The predicted octanol–water partition coefficient (Wildman–Crippen LogP) is 3.27. The van der Waals surface area contributed by atoms with Crippen LogP contribution in [0.25, 0.3) is 0 Å². The van der Waals surface area contributed by atoms with Gasteiger partial charge in [-0.2, -0.15) is 5.26 Å². The second-order valence-corrected chi connectivity index (χ2v) is 6.82. The van der Waals surface area contributed by atoms with Crippen molar-refractivity contribution >= 4 is 40.1 Å². The van der Waals surface area contributed by atoms with Crippen LogP contribution in [-0.4, -0.2) is 18.3 Å². The van der Waals surface area contributed by atoms with Crippen LogP contribution < -0.4 is 5.46 Å². The summed E-state index contributed by atoms with van der Waals surface area (Å²) in [4.78, 5) is 0. The maximum Gasteiger partial charge on any atom is 0.496 e. The molecule has 1 heterocycles. The molecular formula is C13H14BBrClNO2. The number of nitriles is 1. The van der Waals surface area contributed by atoms with E-state index in [4.69, 9.17) is 20.9 Å². The van der Waals surface area contributed by atoms with Gasteiger partial charge >= 0.3 is 7.12 Å². The summed E-state index contributed by atoms with van der Waals surface area (Å²) in [5.74, 6) is 0. The number of nitrogens with zero attached hydrogens (tertiary/aromatic N) is 1. The van der Waals surface area contributed by atoms with Gasteiger partial charge in [0.1, 0.15) is 0 Å². The Morgan fingerprint density at radius 2 is 1.74 bits per heavy atom. The minimum Gasteiger partial charge on any atom is -0.399 e. The Kier molecular flexibility index (Phi) is 3.74. The topological polar surface area (TPSA) is 42.2 Å². The van der Waals surface area contributed by atoms with Gasteiger partial charge in [0, 0.05) is 9.94 Å². The van der Waals surface area contributed by atoms with Crippen LogP contribution in [0.5, 0.6) is 0 Å². The molecule has 1 aliphatic rings. The van der Waals surface area contributed by atoms with Crippen LogP contribution in [0, 0.1) is 11.3 Å². The van der Waals surface area contributed by atoms with Gasteiger partial charge in [0.25, 0.3) is 0 Å². The highest BCUT2D eigenvalue weighted by atomic mass is 79.9. The maximum atomic E-state index is 9.22. The Morgan fingerprint density at radius 3 is 2.21 bits per heavy atom. The maximum absolute atomic E-state index is 9.22. The Balaban J connectivity index is 2.45. The van der Waals surface area contributed by atoms with E-state index in [0.717, 1.165) is 4.47 Å². The van der Waals surface area contributed by atoms with E-state index in [1.165, 1.54) is 0 Å². The van der Waals surface area contributed by atoms with Crippen molar-refractivity contribution in [2.75, 3.05) is 0 Å². The lowest BCUT2D eigenvalue weighted by atomic mass is 9.76. The van der Waals surface area contributed by atoms with Gasteiger partial charge in [-0.1, -0.05) is 11.6 Å². The molecule has 6 heteroatoms. The van der Waals surface area contributed by atoms with E-state index in [2.05, 4.69) is 22.0 Å². The zero-order chi connectivity index (χ0) is 14.4. The fourth-order valence-corrected chi connectivity index (χ4v) is 2.35. The highest BCUT2D eigenvalue weighted by Gasteiger charge is 2.52. The molecule has 0 bridgehead atoms. The van der Waals surface area contributed by atoms with Crippen molar-refractivity contribution in [1.82, 2.24) is 0 Å². The normalized spacial score (nSPS) is 20.4. The highest BCUT2D eigenvalue weighted by molar-refractivity contribution is 9.10. The number of hydrogen-bond donors (Lipinski definition) is 0. The summed E-state index contributed by atoms with van der Waals surface area (Å²) in [6.07, 6.45) is 0. The second-order valence-electron chi connectivity index (χ2n) is 5.55. The SMILES string of the molecule is CC1(C)OB(c2cc(Br)c(Cl)cc2C#N)OC1(C)C. The summed E-state index contributed by atoms with van der Waals surface area (Å²) in [6, 6.07) is 5.53. The molecule has 0 amide bonds. The molecule has 1 aromatic rings. The highest BCUT2D eigenvalue weighted by Crippen LogP contribution is 2.37. The van der Waals surface area contributed by atoms with Gasteiger partial charge in [-0.15, -0.1) is 0 Å². The van der Waals surface area contributed by atoms with Crippen LogP contribution in [0.3, 0.4) is 0 Å². The molecule has 0 atom stereocenters. The van der Waals surface area contributed by atoms with Crippen LogP contribution in [0.15, 0.2) is 16.6 Å². The summed E-state index contributed by atoms with van der Waals surface area (Å²) in [5.41, 5.74) is 0.289. The summed E-state index contributed by atoms with van der Waals surface area (Å²) in [6.45, 7) is 7.90. The third-order valence-electron chi connectivity index (χ3n) is 3.72. The minimum atomic E-state index is -0.562. The molecule has 3 nitrogen and oxygen atoms in total. The van der Waals surface area contributed by atoms with Crippen molar-refractivity contribution in [1.29, 1.82) is 5.26 Å². The van der Waals surface area contributed by atoms with Crippen molar-refractivity contribution in [3.63, 3.8) is 0 Å². The number of benzene rings is 1. The Bertz CT molecular complexity index is 552. The number of halogens is 2. The van der Waals surface area contributed by atoms with Crippen molar-refractivity contribution in [3.8, 4) is 6.07 Å². The lowest BCUT2D eigenvalue weighted by Crippen LogP contribution is -2.41. The Labute approximate surface area is 127 Å². The van der Waals surface area contributed by atoms with Crippen LogP contribution in [0.1, 0.15) is 33.3 Å². The van der Waals surface area contributed by atoms with Gasteiger partial charge in [-0.25, -0.2) is 0 Å². The lowest BCUT2D eigenvalue weighted by molar-refractivity contribution is 0.00578. The van der Waals surface area contributed by atoms with E-state index in [9.17, 15) is 5.26 Å². The zero-order valence-electron chi connectivity index (χ0n) is 11.3. The number of hydrogen-bond acceptors (Lipinski definition) is 3. The largest absolute Gasteiger partial charge is 0.496 e. The van der Waals surface area contributed by atoms with Crippen LogP contribution in [0.2, 0.25) is 5.02 Å². The average Bonchev–Trinajstić information content (AvgIpc) is 2.51. The van der Waals surface area contributed by atoms with Crippen LogP contribution in [-0.2, 0) is 9.31 Å². The van der Waals surface area contributed by atoms with E-state index in [1.54, 1.807) is 12.1 Å². The first-order valence-corrected chi connectivity index (χ1v) is 7.10. The number of rotatable bonds is 1. The molecular weight excluding hydrogens is 328 g/mol. The Hall–Kier alpha value is -0.535. The fourth-order valence-electron chi connectivity index (χ4n) is 1.82. The lowest BCUT2D eigenvalue weighted by Gasteiger charge is -2.32. The molecule has 0 N–H and O–H groups in total. The molecule has 1 aromatic carbocycles. The summed E-state index contributed by atoms with van der Waals surface area (Å²) < 4.78 is 12.6. The quantitative estimate of drug-likeness (QED) is 0.736. The first kappa shape index (κ1) is 14.9. The van der Waals surface area contributed by atoms with Gasteiger partial charge in [-0.3, -0.25) is 0 Å². The first-order chi connectivity index (χ1) is 8.68. The van der Waals surface area contributed by atoms with Gasteiger partial charge < -0.3 is 9.31 Å². The molecule has 19 heavy (non-hydrogen) atoms. The van der Waals surface area contributed by atoms with Gasteiger partial charge in [-0.05, 0) is 55.8 Å². The first-order valence-electron chi connectivity index (χ1n) is 5.92. The molecule has 1 saturated heterocycles. The van der Waals surface area contributed by atoms with E-state index >= 15 is 0 Å². The molecule has 1 fully saturated rings. The molecule has 100 valence electrons. The molecule has 2 rings (SSSR count). The predicted molar refractivity (Wildman–Crippen MR) is 79.6 cm³/mol. The van der Waals surface area contributed by atoms with Crippen molar-refractivity contribution in [3.05, 3.63) is 27.2 Å². The molecule has 0 saturated carbocycles. The monoisotopic (exact) mass is 341 g/mol. The second kappa shape index (κ2) is 4.78. The molecule has 0 aliphatic carbocycles. The van der Waals surface area contributed by atoms with Crippen LogP contribution in [0.4, 0.5) is 0 Å². The van der Waals surface area contributed by atoms with E-state index in [1.807, 2.05) is 27.7 Å². The van der Waals surface area contributed by atoms with E-state index in [0.29, 0.717) is 16.0 Å². The van der Waals surface area contributed by atoms with Crippen LogP contribution >= 0.6 is 27.5 Å². The summed E-state index contributed by atoms with van der Waals surface area (Å²) >= 11 is 9.36. The smallest absolute Gasteiger partial charge is 0.399 e. The third-order valence-corrected chi connectivity index (χ3v) is 4.92. The van der Waals surface area contributed by atoms with Gasteiger partial charge in [0.15, 0.2) is 0 Å². The molecule has 0 radical (unpaired) electrons.